The SMILES string of the molecule is CCN(CC(C)CN)C(=O)c1ccc(F)c(F)c1. The van der Waals surface area contributed by atoms with Gasteiger partial charge in [0.25, 0.3) is 5.91 Å². The van der Waals surface area contributed by atoms with Crippen molar-refractivity contribution in [1.29, 1.82) is 0 Å². The molecule has 0 saturated carbocycles. The fourth-order valence-electron chi connectivity index (χ4n) is 1.62. The molecule has 0 heterocycles. The Bertz CT molecular complexity index is 423. The van der Waals surface area contributed by atoms with Gasteiger partial charge in [0.1, 0.15) is 0 Å². The Balaban J connectivity index is 2.86. The van der Waals surface area contributed by atoms with Crippen LogP contribution in [0.3, 0.4) is 0 Å². The first-order valence-electron chi connectivity index (χ1n) is 5.94. The van der Waals surface area contributed by atoms with E-state index in [0.29, 0.717) is 19.6 Å². The molecule has 0 radical (unpaired) electrons. The molecule has 100 valence electrons. The van der Waals surface area contributed by atoms with E-state index < -0.39 is 11.6 Å². The summed E-state index contributed by atoms with van der Waals surface area (Å²) in [5, 5.41) is 0. The molecular weight excluding hydrogens is 238 g/mol. The highest BCUT2D eigenvalue weighted by atomic mass is 19.2. The van der Waals surface area contributed by atoms with Crippen molar-refractivity contribution in [3.8, 4) is 0 Å². The lowest BCUT2D eigenvalue weighted by Gasteiger charge is -2.24. The van der Waals surface area contributed by atoms with E-state index in [1.54, 1.807) is 4.90 Å². The molecule has 0 aromatic heterocycles. The van der Waals surface area contributed by atoms with Crippen molar-refractivity contribution in [3.05, 3.63) is 35.4 Å². The number of carbonyl (C=O) groups is 1. The molecule has 5 heteroatoms. The number of rotatable bonds is 5. The van der Waals surface area contributed by atoms with Gasteiger partial charge in [0, 0.05) is 18.7 Å². The molecule has 1 rings (SSSR count). The Morgan fingerprint density at radius 3 is 2.56 bits per heavy atom. The average molecular weight is 256 g/mol. The fraction of sp³-hybridized carbons (Fsp3) is 0.462. The Morgan fingerprint density at radius 2 is 2.06 bits per heavy atom. The lowest BCUT2D eigenvalue weighted by atomic mass is 10.1. The fourth-order valence-corrected chi connectivity index (χ4v) is 1.62. The molecule has 1 atom stereocenters. The molecule has 0 spiro atoms. The van der Waals surface area contributed by atoms with E-state index in [1.165, 1.54) is 6.07 Å². The highest BCUT2D eigenvalue weighted by Crippen LogP contribution is 2.12. The van der Waals surface area contributed by atoms with Gasteiger partial charge < -0.3 is 10.6 Å². The van der Waals surface area contributed by atoms with Gasteiger partial charge in [0.2, 0.25) is 0 Å². The van der Waals surface area contributed by atoms with E-state index in [2.05, 4.69) is 0 Å². The largest absolute Gasteiger partial charge is 0.339 e. The summed E-state index contributed by atoms with van der Waals surface area (Å²) >= 11 is 0. The van der Waals surface area contributed by atoms with E-state index in [-0.39, 0.29) is 17.4 Å². The van der Waals surface area contributed by atoms with Crippen molar-refractivity contribution in [2.75, 3.05) is 19.6 Å². The molecule has 2 N–H and O–H groups in total. The van der Waals surface area contributed by atoms with Crippen LogP contribution in [0.15, 0.2) is 18.2 Å². The Morgan fingerprint density at radius 1 is 1.39 bits per heavy atom. The molecule has 18 heavy (non-hydrogen) atoms. The van der Waals surface area contributed by atoms with Crippen molar-refractivity contribution in [2.45, 2.75) is 13.8 Å². The van der Waals surface area contributed by atoms with E-state index in [9.17, 15) is 13.6 Å². The van der Waals surface area contributed by atoms with Crippen LogP contribution >= 0.6 is 0 Å². The predicted octanol–water partition coefficient (Wildman–Crippen LogP) is 2.02. The van der Waals surface area contributed by atoms with Crippen LogP contribution in [-0.2, 0) is 0 Å². The summed E-state index contributed by atoms with van der Waals surface area (Å²) in [4.78, 5) is 13.7. The third-order valence-corrected chi connectivity index (χ3v) is 2.77. The molecule has 1 aromatic rings. The third-order valence-electron chi connectivity index (χ3n) is 2.77. The summed E-state index contributed by atoms with van der Waals surface area (Å²) in [6, 6.07) is 3.17. The standard InChI is InChI=1S/C13H18F2N2O/c1-3-17(8-9(2)7-16)13(18)10-4-5-11(14)12(15)6-10/h4-6,9H,3,7-8,16H2,1-2H3. The maximum absolute atomic E-state index is 13.1. The number of amides is 1. The number of halogens is 2. The van der Waals surface area contributed by atoms with Crippen molar-refractivity contribution >= 4 is 5.91 Å². The molecule has 0 bridgehead atoms. The number of benzene rings is 1. The zero-order chi connectivity index (χ0) is 13.7. The van der Waals surface area contributed by atoms with Crippen LogP contribution < -0.4 is 5.73 Å². The summed E-state index contributed by atoms with van der Waals surface area (Å²) < 4.78 is 25.9. The van der Waals surface area contributed by atoms with Gasteiger partial charge in [-0.3, -0.25) is 4.79 Å². The highest BCUT2D eigenvalue weighted by molar-refractivity contribution is 5.94. The van der Waals surface area contributed by atoms with E-state index in [0.717, 1.165) is 12.1 Å². The van der Waals surface area contributed by atoms with E-state index in [1.807, 2.05) is 13.8 Å². The van der Waals surface area contributed by atoms with Crippen molar-refractivity contribution in [2.24, 2.45) is 11.7 Å². The van der Waals surface area contributed by atoms with Gasteiger partial charge in [0.15, 0.2) is 11.6 Å². The number of nitrogens with two attached hydrogens (primary N) is 1. The zero-order valence-corrected chi connectivity index (χ0v) is 10.6. The minimum atomic E-state index is -1.01. The lowest BCUT2D eigenvalue weighted by molar-refractivity contribution is 0.0743. The van der Waals surface area contributed by atoms with Gasteiger partial charge in [-0.15, -0.1) is 0 Å². The van der Waals surface area contributed by atoms with E-state index in [4.69, 9.17) is 5.73 Å². The van der Waals surface area contributed by atoms with Gasteiger partial charge in [-0.05, 0) is 37.6 Å². The molecule has 0 fully saturated rings. The highest BCUT2D eigenvalue weighted by Gasteiger charge is 2.17. The van der Waals surface area contributed by atoms with Crippen LogP contribution in [0.25, 0.3) is 0 Å². The van der Waals surface area contributed by atoms with Crippen LogP contribution in [0.1, 0.15) is 24.2 Å². The quantitative estimate of drug-likeness (QED) is 0.876. The molecule has 0 aliphatic rings. The minimum absolute atomic E-state index is 0.153. The summed E-state index contributed by atoms with van der Waals surface area (Å²) in [5.41, 5.74) is 5.66. The molecule has 3 nitrogen and oxygen atoms in total. The number of hydrogen-bond acceptors (Lipinski definition) is 2. The molecule has 1 amide bonds. The topological polar surface area (TPSA) is 46.3 Å². The van der Waals surface area contributed by atoms with Gasteiger partial charge in [0.05, 0.1) is 0 Å². The first-order chi connectivity index (χ1) is 8.49. The normalized spacial score (nSPS) is 12.3. The van der Waals surface area contributed by atoms with Gasteiger partial charge >= 0.3 is 0 Å². The van der Waals surface area contributed by atoms with Gasteiger partial charge in [-0.2, -0.15) is 0 Å². The molecule has 1 aromatic carbocycles. The molecule has 1 unspecified atom stereocenters. The van der Waals surface area contributed by atoms with Crippen LogP contribution in [0, 0.1) is 17.6 Å². The summed E-state index contributed by atoms with van der Waals surface area (Å²) in [6.07, 6.45) is 0. The van der Waals surface area contributed by atoms with Crippen molar-refractivity contribution in [1.82, 2.24) is 4.90 Å². The van der Waals surface area contributed by atoms with Crippen molar-refractivity contribution < 1.29 is 13.6 Å². The summed E-state index contributed by atoms with van der Waals surface area (Å²) in [5.74, 6) is -2.11. The molecule has 0 saturated heterocycles. The Hall–Kier alpha value is -1.49. The Labute approximate surface area is 106 Å². The smallest absolute Gasteiger partial charge is 0.253 e. The van der Waals surface area contributed by atoms with Gasteiger partial charge in [-0.1, -0.05) is 6.92 Å². The summed E-state index contributed by atoms with van der Waals surface area (Å²) in [7, 11) is 0. The van der Waals surface area contributed by atoms with Crippen LogP contribution in [0.2, 0.25) is 0 Å². The van der Waals surface area contributed by atoms with Crippen molar-refractivity contribution in [3.63, 3.8) is 0 Å². The first-order valence-corrected chi connectivity index (χ1v) is 5.94. The number of hydrogen-bond donors (Lipinski definition) is 1. The maximum atomic E-state index is 13.1. The minimum Gasteiger partial charge on any atom is -0.339 e. The number of carbonyl (C=O) groups excluding carboxylic acids is 1. The lowest BCUT2D eigenvalue weighted by Crippen LogP contribution is -2.36. The zero-order valence-electron chi connectivity index (χ0n) is 10.6. The third kappa shape index (κ3) is 3.50. The average Bonchev–Trinajstić information content (AvgIpc) is 2.38. The molecular formula is C13H18F2N2O. The molecule has 0 aliphatic carbocycles. The van der Waals surface area contributed by atoms with Gasteiger partial charge in [-0.25, -0.2) is 8.78 Å². The second-order valence-corrected chi connectivity index (χ2v) is 4.31. The van der Waals surface area contributed by atoms with E-state index >= 15 is 0 Å². The van der Waals surface area contributed by atoms with Crippen LogP contribution in [0.5, 0.6) is 0 Å². The maximum Gasteiger partial charge on any atom is 0.253 e. The van der Waals surface area contributed by atoms with Crippen LogP contribution in [0.4, 0.5) is 8.78 Å². The second kappa shape index (κ2) is 6.44. The first kappa shape index (κ1) is 14.6. The second-order valence-electron chi connectivity index (χ2n) is 4.31. The summed E-state index contributed by atoms with van der Waals surface area (Å²) in [6.45, 7) is 5.25. The monoisotopic (exact) mass is 256 g/mol. The predicted molar refractivity (Wildman–Crippen MR) is 66.2 cm³/mol. The van der Waals surface area contributed by atoms with Crippen LogP contribution in [-0.4, -0.2) is 30.4 Å². The Kier molecular flexibility index (Phi) is 5.22. The number of nitrogens with zero attached hydrogens (tertiary/aromatic N) is 1. The molecule has 0 aliphatic heterocycles.